The van der Waals surface area contributed by atoms with E-state index in [9.17, 15) is 10.1 Å². The van der Waals surface area contributed by atoms with E-state index >= 15 is 0 Å². The van der Waals surface area contributed by atoms with Gasteiger partial charge in [-0.05, 0) is 31.5 Å². The molecule has 0 aliphatic carbocycles. The third-order valence-corrected chi connectivity index (χ3v) is 3.90. The van der Waals surface area contributed by atoms with E-state index in [2.05, 4.69) is 11.4 Å². The van der Waals surface area contributed by atoms with Crippen molar-refractivity contribution >= 4 is 11.7 Å². The number of hydrogen-bond acceptors (Lipinski definition) is 4. The molecule has 2 rings (SSSR count). The summed E-state index contributed by atoms with van der Waals surface area (Å²) in [6, 6.07) is 21.5. The predicted molar refractivity (Wildman–Crippen MR) is 98.8 cm³/mol. The van der Waals surface area contributed by atoms with Crippen LogP contribution >= 0.6 is 0 Å². The van der Waals surface area contributed by atoms with E-state index in [1.807, 2.05) is 60.7 Å². The Hall–Kier alpha value is -3.06. The van der Waals surface area contributed by atoms with E-state index in [0.717, 1.165) is 11.3 Å². The van der Waals surface area contributed by atoms with Gasteiger partial charge in [-0.3, -0.25) is 0 Å². The Balaban J connectivity index is 2.37. The van der Waals surface area contributed by atoms with Gasteiger partial charge in [-0.15, -0.1) is 0 Å². The summed E-state index contributed by atoms with van der Waals surface area (Å²) in [7, 11) is 0. The molecule has 4 heteroatoms. The van der Waals surface area contributed by atoms with Gasteiger partial charge in [0.15, 0.2) is 5.54 Å². The first kappa shape index (κ1) is 18.3. The number of para-hydroxylation sites is 1. The Morgan fingerprint density at radius 1 is 1.16 bits per heavy atom. The fourth-order valence-electron chi connectivity index (χ4n) is 2.50. The van der Waals surface area contributed by atoms with E-state index in [-0.39, 0.29) is 5.97 Å². The van der Waals surface area contributed by atoms with E-state index < -0.39 is 5.54 Å². The molecule has 2 aromatic rings. The second-order valence-electron chi connectivity index (χ2n) is 5.69. The van der Waals surface area contributed by atoms with Crippen LogP contribution in [0.4, 0.5) is 5.69 Å². The molecule has 0 aliphatic rings. The lowest BCUT2D eigenvalue weighted by Crippen LogP contribution is -2.33. The van der Waals surface area contributed by atoms with Crippen molar-refractivity contribution in [1.29, 1.82) is 5.26 Å². The monoisotopic (exact) mass is 334 g/mol. The Bertz CT molecular complexity index is 763. The number of anilines is 1. The summed E-state index contributed by atoms with van der Waals surface area (Å²) < 4.78 is 5.02. The average molecular weight is 334 g/mol. The number of nitriles is 1. The van der Waals surface area contributed by atoms with E-state index in [0.29, 0.717) is 18.6 Å². The molecule has 4 nitrogen and oxygen atoms in total. The fraction of sp³-hybridized carbons (Fsp3) is 0.238. The summed E-state index contributed by atoms with van der Waals surface area (Å²) in [6.07, 6.45) is 2.09. The van der Waals surface area contributed by atoms with Crippen LogP contribution in [0, 0.1) is 11.3 Å². The van der Waals surface area contributed by atoms with Crippen LogP contribution in [0.5, 0.6) is 0 Å². The maximum Gasteiger partial charge on any atom is 0.333 e. The SMILES string of the molecule is CCOC(=O)/C(C)=C/CC(C#N)(Nc1ccccc1)c1ccccc1. The maximum absolute atomic E-state index is 11.8. The molecule has 0 aromatic heterocycles. The first-order valence-electron chi connectivity index (χ1n) is 8.25. The van der Waals surface area contributed by atoms with Crippen LogP contribution in [0.2, 0.25) is 0 Å². The number of carbonyl (C=O) groups excluding carboxylic acids is 1. The quantitative estimate of drug-likeness (QED) is 0.601. The molecule has 0 saturated heterocycles. The topological polar surface area (TPSA) is 62.1 Å². The molecule has 1 N–H and O–H groups in total. The van der Waals surface area contributed by atoms with Crippen LogP contribution in [0.3, 0.4) is 0 Å². The Morgan fingerprint density at radius 2 is 1.76 bits per heavy atom. The van der Waals surface area contributed by atoms with Crippen molar-refractivity contribution in [2.75, 3.05) is 11.9 Å². The van der Waals surface area contributed by atoms with Crippen LogP contribution in [0.25, 0.3) is 0 Å². The van der Waals surface area contributed by atoms with Gasteiger partial charge in [0.25, 0.3) is 0 Å². The standard InChI is InChI=1S/C21H22N2O2/c1-3-25-20(24)17(2)14-15-21(16-22,18-10-6-4-7-11-18)23-19-12-8-5-9-13-19/h4-14,23H,3,15H2,1-2H3/b17-14+. The first-order valence-corrected chi connectivity index (χ1v) is 8.25. The number of rotatable bonds is 7. The number of nitrogens with zero attached hydrogens (tertiary/aromatic N) is 1. The average Bonchev–Trinajstić information content (AvgIpc) is 2.66. The van der Waals surface area contributed by atoms with Crippen molar-refractivity contribution in [1.82, 2.24) is 0 Å². The lowest BCUT2D eigenvalue weighted by atomic mass is 9.86. The number of benzene rings is 2. The van der Waals surface area contributed by atoms with E-state index in [4.69, 9.17) is 4.74 Å². The number of esters is 1. The zero-order chi connectivity index (χ0) is 18.1. The number of carbonyl (C=O) groups is 1. The molecular formula is C21H22N2O2. The Kier molecular flexibility index (Phi) is 6.36. The highest BCUT2D eigenvalue weighted by Gasteiger charge is 2.31. The van der Waals surface area contributed by atoms with Gasteiger partial charge in [-0.1, -0.05) is 54.6 Å². The fourth-order valence-corrected chi connectivity index (χ4v) is 2.50. The minimum absolute atomic E-state index is 0.328. The molecule has 0 fully saturated rings. The van der Waals surface area contributed by atoms with Crippen molar-refractivity contribution in [3.05, 3.63) is 77.9 Å². The third-order valence-electron chi connectivity index (χ3n) is 3.90. The molecule has 1 atom stereocenters. The van der Waals surface area contributed by atoms with Crippen LogP contribution in [0.15, 0.2) is 72.3 Å². The van der Waals surface area contributed by atoms with Gasteiger partial charge in [-0.2, -0.15) is 5.26 Å². The van der Waals surface area contributed by atoms with Gasteiger partial charge in [0.1, 0.15) is 0 Å². The van der Waals surface area contributed by atoms with Gasteiger partial charge in [0.2, 0.25) is 0 Å². The molecule has 25 heavy (non-hydrogen) atoms. The minimum atomic E-state index is -0.976. The van der Waals surface area contributed by atoms with Crippen molar-refractivity contribution < 1.29 is 9.53 Å². The van der Waals surface area contributed by atoms with Crippen LogP contribution in [-0.2, 0) is 15.1 Å². The number of nitrogens with one attached hydrogen (secondary N) is 1. The smallest absolute Gasteiger partial charge is 0.333 e. The molecule has 0 radical (unpaired) electrons. The molecule has 128 valence electrons. The first-order chi connectivity index (χ1) is 12.1. The highest BCUT2D eigenvalue weighted by molar-refractivity contribution is 5.87. The Labute approximate surface area is 148 Å². The summed E-state index contributed by atoms with van der Waals surface area (Å²) in [5.74, 6) is -0.359. The number of ether oxygens (including phenoxy) is 1. The van der Waals surface area contributed by atoms with E-state index in [1.54, 1.807) is 19.9 Å². The Morgan fingerprint density at radius 3 is 2.32 bits per heavy atom. The zero-order valence-electron chi connectivity index (χ0n) is 14.5. The maximum atomic E-state index is 11.8. The molecule has 1 unspecified atom stereocenters. The predicted octanol–water partition coefficient (Wildman–Crippen LogP) is 4.42. The van der Waals surface area contributed by atoms with E-state index in [1.165, 1.54) is 0 Å². The van der Waals surface area contributed by atoms with Gasteiger partial charge in [0.05, 0.1) is 12.7 Å². The number of hydrogen-bond donors (Lipinski definition) is 1. The summed E-state index contributed by atoms with van der Waals surface area (Å²) in [5.41, 5.74) is 1.20. The van der Waals surface area contributed by atoms with Crippen LogP contribution in [0.1, 0.15) is 25.8 Å². The molecule has 0 saturated carbocycles. The summed E-state index contributed by atoms with van der Waals surface area (Å²) in [4.78, 5) is 11.8. The van der Waals surface area contributed by atoms with Gasteiger partial charge in [0, 0.05) is 17.7 Å². The lowest BCUT2D eigenvalue weighted by molar-refractivity contribution is -0.138. The molecule has 0 bridgehead atoms. The second kappa shape index (κ2) is 8.70. The van der Waals surface area contributed by atoms with Crippen LogP contribution < -0.4 is 5.32 Å². The van der Waals surface area contributed by atoms with Gasteiger partial charge >= 0.3 is 5.97 Å². The molecule has 0 heterocycles. The molecule has 2 aromatic carbocycles. The van der Waals surface area contributed by atoms with Crippen molar-refractivity contribution in [2.45, 2.75) is 25.8 Å². The van der Waals surface area contributed by atoms with Crippen molar-refractivity contribution in [3.8, 4) is 6.07 Å². The largest absolute Gasteiger partial charge is 0.463 e. The summed E-state index contributed by atoms with van der Waals surface area (Å²) >= 11 is 0. The summed E-state index contributed by atoms with van der Waals surface area (Å²) in [5, 5.41) is 13.3. The highest BCUT2D eigenvalue weighted by atomic mass is 16.5. The molecule has 0 spiro atoms. The van der Waals surface area contributed by atoms with Crippen molar-refractivity contribution in [2.24, 2.45) is 0 Å². The molecule has 0 aliphatic heterocycles. The lowest BCUT2D eigenvalue weighted by Gasteiger charge is -2.29. The molecular weight excluding hydrogens is 312 g/mol. The zero-order valence-corrected chi connectivity index (χ0v) is 14.5. The minimum Gasteiger partial charge on any atom is -0.463 e. The van der Waals surface area contributed by atoms with Gasteiger partial charge < -0.3 is 10.1 Å². The molecule has 0 amide bonds. The third kappa shape index (κ3) is 4.71. The summed E-state index contributed by atoms with van der Waals surface area (Å²) in [6.45, 7) is 3.80. The normalized spacial score (nSPS) is 13.4. The van der Waals surface area contributed by atoms with Crippen LogP contribution in [-0.4, -0.2) is 12.6 Å². The van der Waals surface area contributed by atoms with Crippen molar-refractivity contribution in [3.63, 3.8) is 0 Å². The highest BCUT2D eigenvalue weighted by Crippen LogP contribution is 2.30. The van der Waals surface area contributed by atoms with Gasteiger partial charge in [-0.25, -0.2) is 4.79 Å². The second-order valence-corrected chi connectivity index (χ2v) is 5.69.